The average Bonchev–Trinajstić information content (AvgIpc) is 2.46. The zero-order valence-electron chi connectivity index (χ0n) is 11.5. The summed E-state index contributed by atoms with van der Waals surface area (Å²) in [6.45, 7) is 2.36. The van der Waals surface area contributed by atoms with E-state index < -0.39 is 0 Å². The van der Waals surface area contributed by atoms with Crippen molar-refractivity contribution in [1.82, 2.24) is 0 Å². The molecule has 0 radical (unpaired) electrons. The first-order chi connectivity index (χ1) is 9.29. The van der Waals surface area contributed by atoms with Gasteiger partial charge < -0.3 is 4.74 Å². The molecule has 3 rings (SSSR count). The molecule has 2 aromatic rings. The van der Waals surface area contributed by atoms with Crippen LogP contribution < -0.4 is 4.74 Å². The summed E-state index contributed by atoms with van der Waals surface area (Å²) in [7, 11) is 1.72. The smallest absolute Gasteiger partial charge is 0.118 e. The van der Waals surface area contributed by atoms with Gasteiger partial charge in [0.1, 0.15) is 5.75 Å². The molecule has 0 aliphatic heterocycles. The van der Waals surface area contributed by atoms with Crippen LogP contribution in [0.25, 0.3) is 0 Å². The van der Waals surface area contributed by atoms with E-state index in [2.05, 4.69) is 61.5 Å². The third kappa shape index (κ3) is 2.25. The maximum atomic E-state index is 5.24. The van der Waals surface area contributed by atoms with Crippen LogP contribution in [0.3, 0.4) is 0 Å². The molecule has 0 bridgehead atoms. The topological polar surface area (TPSA) is 9.23 Å². The first-order valence-electron chi connectivity index (χ1n) is 6.98. The lowest BCUT2D eigenvalue weighted by Crippen LogP contribution is -2.30. The van der Waals surface area contributed by atoms with Crippen LogP contribution >= 0.6 is 0 Å². The van der Waals surface area contributed by atoms with Crippen molar-refractivity contribution in [3.8, 4) is 5.75 Å². The van der Waals surface area contributed by atoms with Crippen molar-refractivity contribution in [2.45, 2.75) is 25.2 Å². The van der Waals surface area contributed by atoms with Crippen LogP contribution in [-0.2, 0) is 0 Å². The van der Waals surface area contributed by atoms with Crippen molar-refractivity contribution < 1.29 is 4.74 Å². The van der Waals surface area contributed by atoms with Gasteiger partial charge in [0.2, 0.25) is 0 Å². The van der Waals surface area contributed by atoms with E-state index in [0.717, 1.165) is 11.7 Å². The molecule has 0 saturated heterocycles. The first-order valence-corrected chi connectivity index (χ1v) is 6.98. The summed E-state index contributed by atoms with van der Waals surface area (Å²) in [6, 6.07) is 19.5. The molecule has 1 nitrogen and oxygen atoms in total. The third-order valence-corrected chi connectivity index (χ3v) is 4.40. The zero-order valence-corrected chi connectivity index (χ0v) is 11.5. The molecule has 98 valence electrons. The monoisotopic (exact) mass is 252 g/mol. The standard InChI is InChI=1S/C18H20O/c1-13-12-17(14-6-4-3-5-7-14)18(13)15-8-10-16(19-2)11-9-15/h3-11,13,17-18H,12H2,1-2H3/t13-,17-,18-/m0/s1. The quantitative estimate of drug-likeness (QED) is 0.775. The summed E-state index contributed by atoms with van der Waals surface area (Å²) in [5, 5.41) is 0. The molecular formula is C18H20O. The zero-order chi connectivity index (χ0) is 13.2. The minimum atomic E-state index is 0.647. The number of rotatable bonds is 3. The highest BCUT2D eigenvalue weighted by atomic mass is 16.5. The van der Waals surface area contributed by atoms with Gasteiger partial charge in [0.15, 0.2) is 0 Å². The maximum Gasteiger partial charge on any atom is 0.118 e. The molecule has 1 saturated carbocycles. The average molecular weight is 252 g/mol. The fourth-order valence-electron chi connectivity index (χ4n) is 3.33. The molecule has 0 amide bonds. The third-order valence-electron chi connectivity index (χ3n) is 4.40. The van der Waals surface area contributed by atoms with Gasteiger partial charge in [0, 0.05) is 0 Å². The summed E-state index contributed by atoms with van der Waals surface area (Å²) in [6.07, 6.45) is 1.29. The summed E-state index contributed by atoms with van der Waals surface area (Å²) < 4.78 is 5.24. The second-order valence-electron chi connectivity index (χ2n) is 5.53. The molecule has 0 unspecified atom stereocenters. The van der Waals surface area contributed by atoms with Crippen molar-refractivity contribution in [2.75, 3.05) is 7.11 Å². The Morgan fingerprint density at radius 1 is 0.895 bits per heavy atom. The predicted octanol–water partition coefficient (Wildman–Crippen LogP) is 4.60. The van der Waals surface area contributed by atoms with E-state index in [1.165, 1.54) is 17.5 Å². The Morgan fingerprint density at radius 2 is 1.58 bits per heavy atom. The van der Waals surface area contributed by atoms with Crippen molar-refractivity contribution in [1.29, 1.82) is 0 Å². The van der Waals surface area contributed by atoms with Gasteiger partial charge in [-0.25, -0.2) is 0 Å². The molecule has 0 spiro atoms. The van der Waals surface area contributed by atoms with Gasteiger partial charge in [0.25, 0.3) is 0 Å². The van der Waals surface area contributed by atoms with Gasteiger partial charge in [-0.2, -0.15) is 0 Å². The maximum absolute atomic E-state index is 5.24. The van der Waals surface area contributed by atoms with Gasteiger partial charge >= 0.3 is 0 Å². The summed E-state index contributed by atoms with van der Waals surface area (Å²) in [5.74, 6) is 3.02. The van der Waals surface area contributed by atoms with E-state index in [4.69, 9.17) is 4.74 Å². The molecule has 0 N–H and O–H groups in total. The number of benzene rings is 2. The van der Waals surface area contributed by atoms with Gasteiger partial charge in [-0.15, -0.1) is 0 Å². The second-order valence-corrected chi connectivity index (χ2v) is 5.53. The highest BCUT2D eigenvalue weighted by molar-refractivity contribution is 5.36. The molecular weight excluding hydrogens is 232 g/mol. The van der Waals surface area contributed by atoms with Crippen molar-refractivity contribution in [3.05, 3.63) is 65.7 Å². The fourth-order valence-corrected chi connectivity index (χ4v) is 3.33. The Morgan fingerprint density at radius 3 is 2.16 bits per heavy atom. The van der Waals surface area contributed by atoms with Gasteiger partial charge in [-0.3, -0.25) is 0 Å². The fraction of sp³-hybridized carbons (Fsp3) is 0.333. The Kier molecular flexibility index (Phi) is 3.29. The van der Waals surface area contributed by atoms with Crippen LogP contribution in [0.4, 0.5) is 0 Å². The van der Waals surface area contributed by atoms with Crippen LogP contribution in [0.15, 0.2) is 54.6 Å². The van der Waals surface area contributed by atoms with Gasteiger partial charge in [0.05, 0.1) is 7.11 Å². The number of hydrogen-bond acceptors (Lipinski definition) is 1. The minimum Gasteiger partial charge on any atom is -0.497 e. The molecule has 1 aliphatic rings. The van der Waals surface area contributed by atoms with Crippen LogP contribution in [-0.4, -0.2) is 7.11 Å². The molecule has 1 heteroatoms. The highest BCUT2D eigenvalue weighted by Gasteiger charge is 2.39. The van der Waals surface area contributed by atoms with Crippen molar-refractivity contribution >= 4 is 0 Å². The molecule has 2 aromatic carbocycles. The van der Waals surface area contributed by atoms with E-state index in [1.807, 2.05) is 0 Å². The Bertz CT molecular complexity index is 529. The molecule has 0 aromatic heterocycles. The minimum absolute atomic E-state index is 0.647. The van der Waals surface area contributed by atoms with Gasteiger partial charge in [-0.05, 0) is 47.4 Å². The van der Waals surface area contributed by atoms with Crippen LogP contribution in [0.5, 0.6) is 5.75 Å². The van der Waals surface area contributed by atoms with Crippen molar-refractivity contribution in [3.63, 3.8) is 0 Å². The molecule has 3 atom stereocenters. The van der Waals surface area contributed by atoms with Gasteiger partial charge in [-0.1, -0.05) is 49.4 Å². The van der Waals surface area contributed by atoms with E-state index >= 15 is 0 Å². The SMILES string of the molecule is COc1ccc([C@@H]2[C@@H](C)C[C@H]2c2ccccc2)cc1. The van der Waals surface area contributed by atoms with E-state index in [0.29, 0.717) is 11.8 Å². The lowest BCUT2D eigenvalue weighted by Gasteiger charge is -2.44. The molecule has 0 heterocycles. The molecule has 19 heavy (non-hydrogen) atoms. The first kappa shape index (κ1) is 12.3. The lowest BCUT2D eigenvalue weighted by molar-refractivity contribution is 0.227. The van der Waals surface area contributed by atoms with E-state index in [-0.39, 0.29) is 0 Å². The predicted molar refractivity (Wildman–Crippen MR) is 78.7 cm³/mol. The molecule has 1 aliphatic carbocycles. The molecule has 1 fully saturated rings. The number of methoxy groups -OCH3 is 1. The van der Waals surface area contributed by atoms with E-state index in [9.17, 15) is 0 Å². The Balaban J connectivity index is 1.85. The van der Waals surface area contributed by atoms with Crippen LogP contribution in [0.2, 0.25) is 0 Å². The normalized spacial score (nSPS) is 25.7. The van der Waals surface area contributed by atoms with Crippen molar-refractivity contribution in [2.24, 2.45) is 5.92 Å². The van der Waals surface area contributed by atoms with E-state index in [1.54, 1.807) is 7.11 Å². The highest BCUT2D eigenvalue weighted by Crippen LogP contribution is 2.53. The summed E-state index contributed by atoms with van der Waals surface area (Å²) in [4.78, 5) is 0. The lowest BCUT2D eigenvalue weighted by atomic mass is 9.60. The van der Waals surface area contributed by atoms with Crippen LogP contribution in [0.1, 0.15) is 36.3 Å². The number of ether oxygens (including phenoxy) is 1. The number of hydrogen-bond donors (Lipinski definition) is 0. The largest absolute Gasteiger partial charge is 0.497 e. The second kappa shape index (κ2) is 5.08. The van der Waals surface area contributed by atoms with Crippen LogP contribution in [0, 0.1) is 5.92 Å². The Hall–Kier alpha value is -1.76. The Labute approximate surface area is 115 Å². The summed E-state index contributed by atoms with van der Waals surface area (Å²) in [5.41, 5.74) is 2.91. The summed E-state index contributed by atoms with van der Waals surface area (Å²) >= 11 is 0.